The maximum absolute atomic E-state index is 13.9. The third-order valence-corrected chi connectivity index (χ3v) is 5.19. The van der Waals surface area contributed by atoms with Crippen LogP contribution < -0.4 is 5.73 Å². The van der Waals surface area contributed by atoms with E-state index in [0.717, 1.165) is 37.0 Å². The van der Waals surface area contributed by atoms with E-state index < -0.39 is 5.91 Å². The Bertz CT molecular complexity index is 756. The first kappa shape index (κ1) is 16.6. The van der Waals surface area contributed by atoms with Gasteiger partial charge in [-0.25, -0.2) is 9.37 Å². The van der Waals surface area contributed by atoms with E-state index in [2.05, 4.69) is 4.98 Å². The molecule has 2 N–H and O–H groups in total. The number of primary amides is 1. The fourth-order valence-corrected chi connectivity index (χ4v) is 3.92. The molecule has 3 rings (SSSR count). The number of carbonyl (C=O) groups excluding carboxylic acids is 2. The number of hydrogen-bond donors (Lipinski definition) is 1. The summed E-state index contributed by atoms with van der Waals surface area (Å²) in [5.74, 6) is -1.18. The molecule has 0 radical (unpaired) electrons. The third kappa shape index (κ3) is 3.46. The standard InChI is InChI=1S/C17H18FN3O2S/c18-13-8-4-3-7-12(13)16-20-9-14(24-16)17(23)21(10-15(19)22)11-5-1-2-6-11/h3-4,7-9,11H,1-2,5-6,10H2,(H2,19,22). The summed E-state index contributed by atoms with van der Waals surface area (Å²) in [6, 6.07) is 6.34. The number of thiazole rings is 1. The van der Waals surface area contributed by atoms with Crippen LogP contribution in [0.4, 0.5) is 4.39 Å². The summed E-state index contributed by atoms with van der Waals surface area (Å²) < 4.78 is 13.9. The van der Waals surface area contributed by atoms with Gasteiger partial charge in [0.15, 0.2) is 0 Å². The molecule has 0 spiro atoms. The molecule has 1 saturated carbocycles. The lowest BCUT2D eigenvalue weighted by atomic mass is 10.2. The predicted octanol–water partition coefficient (Wildman–Crippen LogP) is 2.82. The molecule has 0 bridgehead atoms. The van der Waals surface area contributed by atoms with Gasteiger partial charge in [0.25, 0.3) is 5.91 Å². The van der Waals surface area contributed by atoms with E-state index >= 15 is 0 Å². The Balaban J connectivity index is 1.85. The zero-order valence-corrected chi connectivity index (χ0v) is 13.9. The van der Waals surface area contributed by atoms with Gasteiger partial charge in [0.1, 0.15) is 15.7 Å². The monoisotopic (exact) mass is 347 g/mol. The third-order valence-electron chi connectivity index (χ3n) is 4.17. The molecule has 0 aliphatic heterocycles. The summed E-state index contributed by atoms with van der Waals surface area (Å²) in [6.45, 7) is -0.101. The summed E-state index contributed by atoms with van der Waals surface area (Å²) in [6.07, 6.45) is 5.26. The number of hydrogen-bond acceptors (Lipinski definition) is 4. The summed E-state index contributed by atoms with van der Waals surface area (Å²) in [5, 5.41) is 0.446. The van der Waals surface area contributed by atoms with E-state index in [9.17, 15) is 14.0 Å². The maximum atomic E-state index is 13.9. The van der Waals surface area contributed by atoms with Crippen LogP contribution in [0.3, 0.4) is 0 Å². The fraction of sp³-hybridized carbons (Fsp3) is 0.353. The van der Waals surface area contributed by atoms with Gasteiger partial charge in [-0.05, 0) is 25.0 Å². The fourth-order valence-electron chi connectivity index (χ4n) is 3.02. The van der Waals surface area contributed by atoms with Crippen molar-refractivity contribution in [2.75, 3.05) is 6.54 Å². The van der Waals surface area contributed by atoms with Crippen LogP contribution in [0.2, 0.25) is 0 Å². The molecule has 7 heteroatoms. The van der Waals surface area contributed by atoms with Gasteiger partial charge in [-0.15, -0.1) is 11.3 Å². The van der Waals surface area contributed by atoms with Crippen LogP contribution in [0.1, 0.15) is 35.4 Å². The topological polar surface area (TPSA) is 76.3 Å². The highest BCUT2D eigenvalue weighted by molar-refractivity contribution is 7.16. The number of benzene rings is 1. The highest BCUT2D eigenvalue weighted by Gasteiger charge is 2.29. The molecule has 1 heterocycles. The molecular weight excluding hydrogens is 329 g/mol. The van der Waals surface area contributed by atoms with E-state index in [1.54, 1.807) is 18.2 Å². The lowest BCUT2D eigenvalue weighted by Crippen LogP contribution is -2.43. The Kier molecular flexibility index (Phi) is 4.89. The van der Waals surface area contributed by atoms with Crippen molar-refractivity contribution >= 4 is 23.2 Å². The summed E-state index contributed by atoms with van der Waals surface area (Å²) in [7, 11) is 0. The van der Waals surface area contributed by atoms with Crippen LogP contribution in [0.15, 0.2) is 30.5 Å². The molecule has 1 aromatic heterocycles. The van der Waals surface area contributed by atoms with E-state index in [1.165, 1.54) is 17.2 Å². The van der Waals surface area contributed by atoms with Gasteiger partial charge in [-0.2, -0.15) is 0 Å². The molecule has 2 aromatic rings. The van der Waals surface area contributed by atoms with Crippen LogP contribution in [0.25, 0.3) is 10.6 Å². The minimum atomic E-state index is -0.533. The van der Waals surface area contributed by atoms with Gasteiger partial charge in [0.2, 0.25) is 5.91 Å². The number of aromatic nitrogens is 1. The number of nitrogens with zero attached hydrogens (tertiary/aromatic N) is 2. The van der Waals surface area contributed by atoms with Crippen molar-refractivity contribution < 1.29 is 14.0 Å². The van der Waals surface area contributed by atoms with Crippen LogP contribution >= 0.6 is 11.3 Å². The smallest absolute Gasteiger partial charge is 0.266 e. The first-order valence-electron chi connectivity index (χ1n) is 7.86. The van der Waals surface area contributed by atoms with Crippen molar-refractivity contribution in [2.45, 2.75) is 31.7 Å². The van der Waals surface area contributed by atoms with Crippen molar-refractivity contribution in [3.63, 3.8) is 0 Å². The second kappa shape index (κ2) is 7.09. The zero-order chi connectivity index (χ0) is 17.1. The molecule has 0 saturated heterocycles. The maximum Gasteiger partial charge on any atom is 0.266 e. The number of amides is 2. The molecule has 5 nitrogen and oxygen atoms in total. The van der Waals surface area contributed by atoms with Gasteiger partial charge in [-0.3, -0.25) is 9.59 Å². The first-order chi connectivity index (χ1) is 11.6. The van der Waals surface area contributed by atoms with Gasteiger partial charge >= 0.3 is 0 Å². The number of halogens is 1. The SMILES string of the molecule is NC(=O)CN(C(=O)c1cnc(-c2ccccc2F)s1)C1CCCC1. The molecule has 1 fully saturated rings. The number of rotatable bonds is 5. The molecule has 126 valence electrons. The largest absolute Gasteiger partial charge is 0.368 e. The van der Waals surface area contributed by atoms with Crippen molar-refractivity contribution in [3.8, 4) is 10.6 Å². The molecule has 1 aromatic carbocycles. The quantitative estimate of drug-likeness (QED) is 0.903. The van der Waals surface area contributed by atoms with Crippen LogP contribution in [-0.2, 0) is 4.79 Å². The lowest BCUT2D eigenvalue weighted by Gasteiger charge is -2.27. The second-order valence-electron chi connectivity index (χ2n) is 5.85. The average molecular weight is 347 g/mol. The van der Waals surface area contributed by atoms with Crippen molar-refractivity contribution in [1.29, 1.82) is 0 Å². The van der Waals surface area contributed by atoms with E-state index in [1.807, 2.05) is 0 Å². The van der Waals surface area contributed by atoms with Crippen LogP contribution in [0.5, 0.6) is 0 Å². The highest BCUT2D eigenvalue weighted by atomic mass is 32.1. The Morgan fingerprint density at radius 2 is 2.00 bits per heavy atom. The van der Waals surface area contributed by atoms with Gasteiger partial charge in [0, 0.05) is 11.6 Å². The van der Waals surface area contributed by atoms with Crippen molar-refractivity contribution in [1.82, 2.24) is 9.88 Å². The molecule has 1 aliphatic rings. The van der Waals surface area contributed by atoms with Crippen LogP contribution in [-0.4, -0.2) is 34.3 Å². The Morgan fingerprint density at radius 1 is 1.29 bits per heavy atom. The van der Waals surface area contributed by atoms with Crippen molar-refractivity contribution in [2.24, 2.45) is 5.73 Å². The first-order valence-corrected chi connectivity index (χ1v) is 8.68. The van der Waals surface area contributed by atoms with Gasteiger partial charge in [-0.1, -0.05) is 25.0 Å². The number of carbonyl (C=O) groups is 2. The van der Waals surface area contributed by atoms with Crippen molar-refractivity contribution in [3.05, 3.63) is 41.2 Å². The summed E-state index contributed by atoms with van der Waals surface area (Å²) in [5.41, 5.74) is 5.66. The summed E-state index contributed by atoms with van der Waals surface area (Å²) >= 11 is 1.13. The van der Waals surface area contributed by atoms with E-state index in [-0.39, 0.29) is 24.3 Å². The van der Waals surface area contributed by atoms with E-state index in [0.29, 0.717) is 15.4 Å². The van der Waals surface area contributed by atoms with Gasteiger partial charge < -0.3 is 10.6 Å². The molecule has 24 heavy (non-hydrogen) atoms. The Hall–Kier alpha value is -2.28. The minimum Gasteiger partial charge on any atom is -0.368 e. The Morgan fingerprint density at radius 3 is 2.67 bits per heavy atom. The van der Waals surface area contributed by atoms with Crippen LogP contribution in [0, 0.1) is 5.82 Å². The second-order valence-corrected chi connectivity index (χ2v) is 6.88. The highest BCUT2D eigenvalue weighted by Crippen LogP contribution is 2.30. The van der Waals surface area contributed by atoms with E-state index in [4.69, 9.17) is 5.73 Å². The zero-order valence-electron chi connectivity index (χ0n) is 13.1. The molecule has 0 atom stereocenters. The normalized spacial score (nSPS) is 14.7. The minimum absolute atomic E-state index is 0.0315. The lowest BCUT2D eigenvalue weighted by molar-refractivity contribution is -0.119. The number of nitrogens with two attached hydrogens (primary N) is 1. The molecule has 1 aliphatic carbocycles. The predicted molar refractivity (Wildman–Crippen MR) is 90.0 cm³/mol. The average Bonchev–Trinajstić information content (AvgIpc) is 3.24. The molecule has 2 amide bonds. The molecule has 0 unspecified atom stereocenters. The molecular formula is C17H18FN3O2S. The summed E-state index contributed by atoms with van der Waals surface area (Å²) in [4.78, 5) is 30.2. The Labute approximate surface area is 143 Å². The van der Waals surface area contributed by atoms with Gasteiger partial charge in [0.05, 0.1) is 12.7 Å².